The number of methoxy groups -OCH3 is 1. The smallest absolute Gasteiger partial charge is 0.123 e. The van der Waals surface area contributed by atoms with E-state index in [1.807, 2.05) is 0 Å². The van der Waals surface area contributed by atoms with E-state index in [9.17, 15) is 0 Å². The molecule has 82 valence electrons. The Morgan fingerprint density at radius 3 is 3.00 bits per heavy atom. The number of benzene rings is 1. The molecule has 0 aliphatic carbocycles. The Kier molecular flexibility index (Phi) is 3.23. The van der Waals surface area contributed by atoms with E-state index in [2.05, 4.69) is 30.4 Å². The molecular weight excluding hydrogens is 190 g/mol. The highest BCUT2D eigenvalue weighted by molar-refractivity contribution is 5.39. The summed E-state index contributed by atoms with van der Waals surface area (Å²) in [5, 5.41) is 3.42. The van der Waals surface area contributed by atoms with Crippen molar-refractivity contribution >= 4 is 0 Å². The van der Waals surface area contributed by atoms with Gasteiger partial charge in [-0.3, -0.25) is 0 Å². The molecule has 1 aliphatic heterocycles. The molecule has 2 rings (SSSR count). The van der Waals surface area contributed by atoms with Crippen molar-refractivity contribution in [2.24, 2.45) is 0 Å². The van der Waals surface area contributed by atoms with E-state index in [1.165, 1.54) is 11.1 Å². The number of nitrogens with one attached hydrogen (secondary N) is 1. The SMILES string of the molecule is COc1cc(C)ccc1C1COCCN1. The van der Waals surface area contributed by atoms with Gasteiger partial charge >= 0.3 is 0 Å². The van der Waals surface area contributed by atoms with Crippen LogP contribution in [0.15, 0.2) is 18.2 Å². The number of hydrogen-bond donors (Lipinski definition) is 1. The first-order chi connectivity index (χ1) is 7.31. The van der Waals surface area contributed by atoms with Gasteiger partial charge in [0, 0.05) is 12.1 Å². The van der Waals surface area contributed by atoms with Crippen molar-refractivity contribution in [3.63, 3.8) is 0 Å². The summed E-state index contributed by atoms with van der Waals surface area (Å²) < 4.78 is 10.8. The Morgan fingerprint density at radius 2 is 2.33 bits per heavy atom. The first-order valence-electron chi connectivity index (χ1n) is 5.27. The molecule has 1 aromatic rings. The molecular formula is C12H17NO2. The Hall–Kier alpha value is -1.06. The standard InChI is InChI=1S/C12H17NO2/c1-9-3-4-10(12(7-9)14-2)11-8-15-6-5-13-11/h3-4,7,11,13H,5-6,8H2,1-2H3. The molecule has 0 radical (unpaired) electrons. The third-order valence-electron chi connectivity index (χ3n) is 2.69. The number of hydrogen-bond acceptors (Lipinski definition) is 3. The zero-order chi connectivity index (χ0) is 10.7. The molecule has 0 bridgehead atoms. The van der Waals surface area contributed by atoms with Gasteiger partial charge in [-0.2, -0.15) is 0 Å². The van der Waals surface area contributed by atoms with Crippen molar-refractivity contribution < 1.29 is 9.47 Å². The predicted molar refractivity (Wildman–Crippen MR) is 59.3 cm³/mol. The molecule has 1 fully saturated rings. The van der Waals surface area contributed by atoms with Gasteiger partial charge in [0.15, 0.2) is 0 Å². The molecule has 0 spiro atoms. The Balaban J connectivity index is 2.25. The van der Waals surface area contributed by atoms with Crippen LogP contribution in [0.2, 0.25) is 0 Å². The van der Waals surface area contributed by atoms with Crippen molar-refractivity contribution in [1.29, 1.82) is 0 Å². The highest BCUT2D eigenvalue weighted by Crippen LogP contribution is 2.27. The second-order valence-corrected chi connectivity index (χ2v) is 3.83. The zero-order valence-corrected chi connectivity index (χ0v) is 9.25. The Labute approximate surface area is 90.4 Å². The molecule has 1 unspecified atom stereocenters. The summed E-state index contributed by atoms with van der Waals surface area (Å²) in [6, 6.07) is 6.54. The minimum atomic E-state index is 0.259. The van der Waals surface area contributed by atoms with Crippen molar-refractivity contribution in [1.82, 2.24) is 5.32 Å². The third-order valence-corrected chi connectivity index (χ3v) is 2.69. The van der Waals surface area contributed by atoms with E-state index >= 15 is 0 Å². The first kappa shape index (κ1) is 10.5. The van der Waals surface area contributed by atoms with E-state index in [4.69, 9.17) is 9.47 Å². The van der Waals surface area contributed by atoms with E-state index < -0.39 is 0 Å². The summed E-state index contributed by atoms with van der Waals surface area (Å²) in [5.74, 6) is 0.943. The van der Waals surface area contributed by atoms with Crippen LogP contribution in [0.25, 0.3) is 0 Å². The lowest BCUT2D eigenvalue weighted by Gasteiger charge is -2.25. The molecule has 1 atom stereocenters. The van der Waals surface area contributed by atoms with Crippen molar-refractivity contribution in [2.75, 3.05) is 26.9 Å². The fourth-order valence-electron chi connectivity index (χ4n) is 1.87. The maximum absolute atomic E-state index is 5.45. The van der Waals surface area contributed by atoms with Gasteiger partial charge in [-0.05, 0) is 18.6 Å². The van der Waals surface area contributed by atoms with Crippen LogP contribution in [0.4, 0.5) is 0 Å². The fraction of sp³-hybridized carbons (Fsp3) is 0.500. The highest BCUT2D eigenvalue weighted by atomic mass is 16.5. The average molecular weight is 207 g/mol. The molecule has 1 aliphatic rings. The summed E-state index contributed by atoms with van der Waals surface area (Å²) in [4.78, 5) is 0. The van der Waals surface area contributed by atoms with Crippen molar-refractivity contribution in [2.45, 2.75) is 13.0 Å². The summed E-state index contributed by atoms with van der Waals surface area (Å²) in [5.41, 5.74) is 2.40. The minimum Gasteiger partial charge on any atom is -0.496 e. The highest BCUT2D eigenvalue weighted by Gasteiger charge is 2.18. The molecule has 1 aromatic carbocycles. The van der Waals surface area contributed by atoms with Gasteiger partial charge in [-0.1, -0.05) is 12.1 Å². The van der Waals surface area contributed by atoms with Crippen LogP contribution >= 0.6 is 0 Å². The summed E-state index contributed by atoms with van der Waals surface area (Å²) in [6.07, 6.45) is 0. The van der Waals surface area contributed by atoms with E-state index in [0.717, 1.165) is 25.5 Å². The molecule has 1 heterocycles. The Morgan fingerprint density at radius 1 is 1.47 bits per heavy atom. The number of aryl methyl sites for hydroxylation is 1. The van der Waals surface area contributed by atoms with Crippen LogP contribution in [-0.2, 0) is 4.74 Å². The van der Waals surface area contributed by atoms with Crippen LogP contribution in [0.5, 0.6) is 5.75 Å². The van der Waals surface area contributed by atoms with Crippen LogP contribution in [-0.4, -0.2) is 26.9 Å². The van der Waals surface area contributed by atoms with Gasteiger partial charge in [0.05, 0.1) is 26.4 Å². The van der Waals surface area contributed by atoms with Crippen LogP contribution in [0.3, 0.4) is 0 Å². The van der Waals surface area contributed by atoms with Gasteiger partial charge in [0.2, 0.25) is 0 Å². The van der Waals surface area contributed by atoms with E-state index in [0.29, 0.717) is 0 Å². The molecule has 3 nitrogen and oxygen atoms in total. The largest absolute Gasteiger partial charge is 0.496 e. The first-order valence-corrected chi connectivity index (χ1v) is 5.27. The number of ether oxygens (including phenoxy) is 2. The van der Waals surface area contributed by atoms with E-state index in [-0.39, 0.29) is 6.04 Å². The van der Waals surface area contributed by atoms with Gasteiger partial charge in [0.1, 0.15) is 5.75 Å². The number of rotatable bonds is 2. The van der Waals surface area contributed by atoms with Crippen LogP contribution in [0.1, 0.15) is 17.2 Å². The number of morpholine rings is 1. The molecule has 0 aromatic heterocycles. The second kappa shape index (κ2) is 4.64. The lowest BCUT2D eigenvalue weighted by molar-refractivity contribution is 0.0760. The molecule has 1 N–H and O–H groups in total. The Bertz CT molecular complexity index is 332. The van der Waals surface area contributed by atoms with Crippen molar-refractivity contribution in [3.8, 4) is 5.75 Å². The molecule has 3 heteroatoms. The summed E-state index contributed by atoms with van der Waals surface area (Å²) in [6.45, 7) is 4.49. The zero-order valence-electron chi connectivity index (χ0n) is 9.25. The molecule has 15 heavy (non-hydrogen) atoms. The monoisotopic (exact) mass is 207 g/mol. The van der Waals surface area contributed by atoms with Crippen LogP contribution in [0, 0.1) is 6.92 Å². The summed E-state index contributed by atoms with van der Waals surface area (Å²) >= 11 is 0. The average Bonchev–Trinajstić information content (AvgIpc) is 2.30. The summed E-state index contributed by atoms with van der Waals surface area (Å²) in [7, 11) is 1.71. The fourth-order valence-corrected chi connectivity index (χ4v) is 1.87. The van der Waals surface area contributed by atoms with Crippen LogP contribution < -0.4 is 10.1 Å². The maximum Gasteiger partial charge on any atom is 0.123 e. The normalized spacial score (nSPS) is 21.3. The van der Waals surface area contributed by atoms with E-state index in [1.54, 1.807) is 7.11 Å². The predicted octanol–water partition coefficient (Wildman–Crippen LogP) is 1.66. The maximum atomic E-state index is 5.45. The molecule has 1 saturated heterocycles. The quantitative estimate of drug-likeness (QED) is 0.800. The lowest BCUT2D eigenvalue weighted by atomic mass is 10.0. The van der Waals surface area contributed by atoms with Gasteiger partial charge in [0.25, 0.3) is 0 Å². The molecule has 0 amide bonds. The minimum absolute atomic E-state index is 0.259. The second-order valence-electron chi connectivity index (χ2n) is 3.83. The van der Waals surface area contributed by atoms with Gasteiger partial charge in [-0.15, -0.1) is 0 Å². The topological polar surface area (TPSA) is 30.5 Å². The van der Waals surface area contributed by atoms with Gasteiger partial charge < -0.3 is 14.8 Å². The van der Waals surface area contributed by atoms with Crippen molar-refractivity contribution in [3.05, 3.63) is 29.3 Å². The van der Waals surface area contributed by atoms with Gasteiger partial charge in [-0.25, -0.2) is 0 Å². The third kappa shape index (κ3) is 2.30. The lowest BCUT2D eigenvalue weighted by Crippen LogP contribution is -2.34. The molecule has 0 saturated carbocycles.